The Labute approximate surface area is 183 Å². The van der Waals surface area contributed by atoms with Crippen molar-refractivity contribution in [2.75, 3.05) is 0 Å². The van der Waals surface area contributed by atoms with Gasteiger partial charge >= 0.3 is 17.1 Å². The molecule has 0 radical (unpaired) electrons. The maximum atomic E-state index is 2.21. The van der Waals surface area contributed by atoms with E-state index >= 15 is 0 Å². The molecule has 0 atom stereocenters. The van der Waals surface area contributed by atoms with Gasteiger partial charge in [-0.25, -0.2) is 12.1 Å². The molecule has 0 aliphatic carbocycles. The molecule has 0 N–H and O–H groups in total. The summed E-state index contributed by atoms with van der Waals surface area (Å²) < 4.78 is 0. The first-order valence-electron chi connectivity index (χ1n) is 9.56. The Hall–Kier alpha value is -3.12. The van der Waals surface area contributed by atoms with Crippen LogP contribution in [0.5, 0.6) is 0 Å². The van der Waals surface area contributed by atoms with Crippen LogP contribution in [-0.4, -0.2) is 0 Å². The minimum atomic E-state index is 0. The van der Waals surface area contributed by atoms with Crippen LogP contribution in [0.2, 0.25) is 0 Å². The summed E-state index contributed by atoms with van der Waals surface area (Å²) in [6, 6.07) is 46.4. The fourth-order valence-electron chi connectivity index (χ4n) is 3.43. The summed E-state index contributed by atoms with van der Waals surface area (Å²) in [5, 5.41) is 0. The monoisotopic (exact) mass is 414 g/mol. The molecule has 0 nitrogen and oxygen atoms in total. The van der Waals surface area contributed by atoms with E-state index in [4.69, 9.17) is 0 Å². The second kappa shape index (κ2) is 10.4. The Kier molecular flexibility index (Phi) is 7.41. The van der Waals surface area contributed by atoms with Crippen LogP contribution in [0.25, 0.3) is 33.4 Å². The first kappa shape index (κ1) is 20.6. The van der Waals surface area contributed by atoms with Gasteiger partial charge in [-0.05, 0) is 16.7 Å². The van der Waals surface area contributed by atoms with Gasteiger partial charge in [0.2, 0.25) is 0 Å². The Bertz CT molecular complexity index is 1070. The Morgan fingerprint density at radius 1 is 0.483 bits per heavy atom. The van der Waals surface area contributed by atoms with E-state index in [2.05, 4.69) is 103 Å². The molecule has 0 saturated heterocycles. The van der Waals surface area contributed by atoms with Crippen molar-refractivity contribution >= 4 is 0 Å². The van der Waals surface area contributed by atoms with Crippen molar-refractivity contribution in [2.24, 2.45) is 0 Å². The molecule has 0 bridgehead atoms. The predicted octanol–water partition coefficient (Wildman–Crippen LogP) is 7.81. The van der Waals surface area contributed by atoms with Gasteiger partial charge in [0.05, 0.1) is 0 Å². The van der Waals surface area contributed by atoms with Crippen molar-refractivity contribution in [1.29, 1.82) is 0 Å². The molecule has 0 fully saturated rings. The molecular formula is C28H22Fe. The molecule has 0 amide bonds. The Morgan fingerprint density at radius 3 is 1.66 bits per heavy atom. The van der Waals surface area contributed by atoms with Crippen LogP contribution >= 0.6 is 0 Å². The smallest absolute Gasteiger partial charge is 0.214 e. The maximum Gasteiger partial charge on any atom is 2.00 e. The SMILES string of the molecule is [Fe+2].c1cc[cH-]c1.c1ccc(-c2ccccc2-c2ccccc2-[c-]2cccc2)cc1. The van der Waals surface area contributed by atoms with Gasteiger partial charge in [0.15, 0.2) is 0 Å². The van der Waals surface area contributed by atoms with Crippen molar-refractivity contribution in [3.63, 3.8) is 0 Å². The molecule has 0 aromatic heterocycles. The van der Waals surface area contributed by atoms with Gasteiger partial charge in [0.25, 0.3) is 0 Å². The number of hydrogen-bond acceptors (Lipinski definition) is 0. The van der Waals surface area contributed by atoms with Gasteiger partial charge in [-0.1, -0.05) is 83.9 Å². The summed E-state index contributed by atoms with van der Waals surface area (Å²) in [6.45, 7) is 0. The third kappa shape index (κ3) is 5.03. The van der Waals surface area contributed by atoms with Crippen molar-refractivity contribution in [3.8, 4) is 33.4 Å². The van der Waals surface area contributed by atoms with E-state index in [1.54, 1.807) is 0 Å². The van der Waals surface area contributed by atoms with Gasteiger partial charge in [-0.2, -0.15) is 30.3 Å². The predicted molar refractivity (Wildman–Crippen MR) is 120 cm³/mol. The standard InChI is InChI=1S/C23H17.C5H5.Fe/c1-2-10-18(11-3-1)20-14-6-8-16-22(20)23-17-9-7-15-21(23)19-12-4-5-13-19;1-2-4-5-3-1;/h1-17H;1-5H;/q2*-1;+2. The first-order chi connectivity index (χ1) is 13.9. The maximum absolute atomic E-state index is 2.21. The topological polar surface area (TPSA) is 0 Å². The van der Waals surface area contributed by atoms with E-state index in [-0.39, 0.29) is 17.1 Å². The average molecular weight is 414 g/mol. The fourth-order valence-corrected chi connectivity index (χ4v) is 3.43. The van der Waals surface area contributed by atoms with E-state index in [0.717, 1.165) is 0 Å². The molecule has 0 unspecified atom stereocenters. The minimum Gasteiger partial charge on any atom is -0.214 e. The van der Waals surface area contributed by atoms with Crippen molar-refractivity contribution in [2.45, 2.75) is 0 Å². The summed E-state index contributed by atoms with van der Waals surface area (Å²) in [5.74, 6) is 0. The molecule has 0 aliphatic rings. The van der Waals surface area contributed by atoms with Crippen LogP contribution in [0.3, 0.4) is 0 Å². The van der Waals surface area contributed by atoms with Gasteiger partial charge in [-0.3, -0.25) is 0 Å². The average Bonchev–Trinajstić information content (AvgIpc) is 3.51. The normalized spacial score (nSPS) is 9.79. The second-order valence-corrected chi connectivity index (χ2v) is 6.59. The van der Waals surface area contributed by atoms with Crippen LogP contribution in [0.1, 0.15) is 0 Å². The van der Waals surface area contributed by atoms with E-state index in [0.29, 0.717) is 0 Å². The Balaban J connectivity index is 0.000000352. The quantitative estimate of drug-likeness (QED) is 0.209. The third-order valence-electron chi connectivity index (χ3n) is 4.76. The number of rotatable bonds is 3. The van der Waals surface area contributed by atoms with Gasteiger partial charge < -0.3 is 0 Å². The van der Waals surface area contributed by atoms with Crippen molar-refractivity contribution < 1.29 is 17.1 Å². The molecule has 1 heteroatoms. The molecule has 5 rings (SSSR count). The van der Waals surface area contributed by atoms with E-state index < -0.39 is 0 Å². The molecule has 0 aliphatic heterocycles. The van der Waals surface area contributed by atoms with Crippen LogP contribution in [0.15, 0.2) is 133 Å². The number of hydrogen-bond donors (Lipinski definition) is 0. The Morgan fingerprint density at radius 2 is 1.03 bits per heavy atom. The molecule has 0 spiro atoms. The van der Waals surface area contributed by atoms with E-state index in [1.807, 2.05) is 30.3 Å². The zero-order chi connectivity index (χ0) is 19.0. The second-order valence-electron chi connectivity index (χ2n) is 6.59. The van der Waals surface area contributed by atoms with E-state index in [9.17, 15) is 0 Å². The van der Waals surface area contributed by atoms with Crippen LogP contribution in [0.4, 0.5) is 0 Å². The summed E-state index contributed by atoms with van der Waals surface area (Å²) in [4.78, 5) is 0. The fraction of sp³-hybridized carbons (Fsp3) is 0. The molecule has 5 aromatic carbocycles. The zero-order valence-electron chi connectivity index (χ0n) is 16.1. The molecule has 29 heavy (non-hydrogen) atoms. The van der Waals surface area contributed by atoms with Crippen molar-refractivity contribution in [1.82, 2.24) is 0 Å². The summed E-state index contributed by atoms with van der Waals surface area (Å²) >= 11 is 0. The van der Waals surface area contributed by atoms with Crippen LogP contribution in [-0.2, 0) is 17.1 Å². The van der Waals surface area contributed by atoms with E-state index in [1.165, 1.54) is 33.4 Å². The van der Waals surface area contributed by atoms with Gasteiger partial charge in [0, 0.05) is 0 Å². The largest absolute Gasteiger partial charge is 2.00 e. The molecule has 142 valence electrons. The first-order valence-corrected chi connectivity index (χ1v) is 9.56. The van der Waals surface area contributed by atoms with Crippen LogP contribution < -0.4 is 0 Å². The van der Waals surface area contributed by atoms with Gasteiger partial charge in [0.1, 0.15) is 0 Å². The minimum absolute atomic E-state index is 0. The molecule has 5 aromatic rings. The summed E-state index contributed by atoms with van der Waals surface area (Å²) in [6.07, 6.45) is 0. The number of benzene rings is 3. The molecule has 0 heterocycles. The zero-order valence-corrected chi connectivity index (χ0v) is 17.2. The molecular weight excluding hydrogens is 392 g/mol. The van der Waals surface area contributed by atoms with Crippen LogP contribution in [0, 0.1) is 0 Å². The van der Waals surface area contributed by atoms with Gasteiger partial charge in [-0.15, -0.1) is 23.8 Å². The summed E-state index contributed by atoms with van der Waals surface area (Å²) in [7, 11) is 0. The summed E-state index contributed by atoms with van der Waals surface area (Å²) in [5.41, 5.74) is 7.62. The molecule has 0 saturated carbocycles. The third-order valence-corrected chi connectivity index (χ3v) is 4.76. The van der Waals surface area contributed by atoms with Crippen molar-refractivity contribution in [3.05, 3.63) is 133 Å².